The Hall–Kier alpha value is -2.12. The third kappa shape index (κ3) is 4.74. The summed E-state index contributed by atoms with van der Waals surface area (Å²) in [5.41, 5.74) is 1.22. The molecular formula is C19H21N3O2S2. The molecule has 0 unspecified atom stereocenters. The molecule has 0 aliphatic rings. The van der Waals surface area contributed by atoms with Gasteiger partial charge < -0.3 is 9.42 Å². The quantitative estimate of drug-likeness (QED) is 0.571. The molecule has 0 aliphatic heterocycles. The summed E-state index contributed by atoms with van der Waals surface area (Å²) in [6.07, 6.45) is 0. The van der Waals surface area contributed by atoms with Gasteiger partial charge in [-0.25, -0.2) is 0 Å². The van der Waals surface area contributed by atoms with Crippen molar-refractivity contribution < 1.29 is 9.32 Å². The molecule has 2 aromatic heterocycles. The number of nitrogens with zero attached hydrogens (tertiary/aromatic N) is 3. The molecule has 3 aromatic rings. The zero-order valence-electron chi connectivity index (χ0n) is 14.8. The second kappa shape index (κ2) is 9.00. The van der Waals surface area contributed by atoms with Gasteiger partial charge in [0.05, 0.1) is 10.1 Å². The second-order valence-corrected chi connectivity index (χ2v) is 8.06. The summed E-state index contributed by atoms with van der Waals surface area (Å²) >= 11 is 3.20. The van der Waals surface area contributed by atoms with Crippen LogP contribution in [0.1, 0.15) is 25.3 Å². The number of hydrogen-bond acceptors (Lipinski definition) is 6. The van der Waals surface area contributed by atoms with E-state index in [0.29, 0.717) is 24.8 Å². The maximum atomic E-state index is 12.8. The number of carbonyl (C=O) groups is 1. The van der Waals surface area contributed by atoms with E-state index < -0.39 is 0 Å². The Kier molecular flexibility index (Phi) is 6.46. The summed E-state index contributed by atoms with van der Waals surface area (Å²) in [7, 11) is 0. The number of carbonyl (C=O) groups excluding carboxylic acids is 1. The van der Waals surface area contributed by atoms with Crippen LogP contribution in [0.3, 0.4) is 0 Å². The van der Waals surface area contributed by atoms with Gasteiger partial charge in [0.2, 0.25) is 17.6 Å². The van der Waals surface area contributed by atoms with Gasteiger partial charge in [0.15, 0.2) is 0 Å². The smallest absolute Gasteiger partial charge is 0.246 e. The summed E-state index contributed by atoms with van der Waals surface area (Å²) in [4.78, 5) is 19.9. The van der Waals surface area contributed by atoms with E-state index in [9.17, 15) is 4.79 Å². The van der Waals surface area contributed by atoms with Crippen molar-refractivity contribution in [3.8, 4) is 10.7 Å². The lowest BCUT2D eigenvalue weighted by Gasteiger charge is -2.22. The molecule has 0 radical (unpaired) electrons. The Morgan fingerprint density at radius 3 is 2.77 bits per heavy atom. The number of rotatable bonds is 8. The van der Waals surface area contributed by atoms with Crippen molar-refractivity contribution in [1.82, 2.24) is 15.0 Å². The summed E-state index contributed by atoms with van der Waals surface area (Å²) < 4.78 is 5.32. The first kappa shape index (κ1) is 18.7. The highest BCUT2D eigenvalue weighted by Gasteiger charge is 2.22. The minimum atomic E-state index is -0.130. The van der Waals surface area contributed by atoms with Gasteiger partial charge in [0, 0.05) is 12.3 Å². The zero-order chi connectivity index (χ0) is 18.4. The molecule has 0 aliphatic carbocycles. The fraction of sp³-hybridized carbons (Fsp3) is 0.316. The maximum Gasteiger partial charge on any atom is 0.246 e. The molecule has 5 nitrogen and oxygen atoms in total. The first-order chi connectivity index (χ1) is 12.7. The van der Waals surface area contributed by atoms with Crippen LogP contribution in [0.15, 0.2) is 52.4 Å². The van der Waals surface area contributed by atoms with Crippen molar-refractivity contribution in [3.63, 3.8) is 0 Å². The Morgan fingerprint density at radius 2 is 2.08 bits per heavy atom. The Balaban J connectivity index is 1.58. The van der Waals surface area contributed by atoms with Crippen molar-refractivity contribution in [2.75, 3.05) is 6.54 Å². The SMILES string of the molecule is CCN(Cc1nc(-c2cccs2)no1)C(=O)[C@H](C)SCc1ccccc1. The largest absolute Gasteiger partial charge is 0.337 e. The summed E-state index contributed by atoms with van der Waals surface area (Å²) in [5, 5.41) is 5.85. The van der Waals surface area contributed by atoms with Crippen LogP contribution in [0.4, 0.5) is 0 Å². The fourth-order valence-electron chi connectivity index (χ4n) is 2.46. The van der Waals surface area contributed by atoms with Gasteiger partial charge >= 0.3 is 0 Å². The van der Waals surface area contributed by atoms with E-state index >= 15 is 0 Å². The van der Waals surface area contributed by atoms with Gasteiger partial charge in [-0.15, -0.1) is 23.1 Å². The molecular weight excluding hydrogens is 366 g/mol. The molecule has 0 spiro atoms. The average molecular weight is 388 g/mol. The van der Waals surface area contributed by atoms with Crippen LogP contribution < -0.4 is 0 Å². The Bertz CT molecular complexity index is 818. The van der Waals surface area contributed by atoms with Crippen LogP contribution in [0.5, 0.6) is 0 Å². The van der Waals surface area contributed by atoms with Gasteiger partial charge in [-0.3, -0.25) is 4.79 Å². The molecule has 0 saturated heterocycles. The highest BCUT2D eigenvalue weighted by atomic mass is 32.2. The molecule has 0 saturated carbocycles. The lowest BCUT2D eigenvalue weighted by molar-refractivity contribution is -0.131. The first-order valence-corrected chi connectivity index (χ1v) is 10.4. The van der Waals surface area contributed by atoms with Gasteiger partial charge in [-0.05, 0) is 30.9 Å². The highest BCUT2D eigenvalue weighted by molar-refractivity contribution is 7.99. The number of aromatic nitrogens is 2. The minimum absolute atomic E-state index is 0.0873. The summed E-state index contributed by atoms with van der Waals surface area (Å²) in [6, 6.07) is 14.1. The van der Waals surface area contributed by atoms with Crippen molar-refractivity contribution in [3.05, 3.63) is 59.3 Å². The van der Waals surface area contributed by atoms with Crippen molar-refractivity contribution in [2.45, 2.75) is 31.4 Å². The third-order valence-electron chi connectivity index (χ3n) is 3.92. The molecule has 1 amide bonds. The van der Waals surface area contributed by atoms with E-state index in [0.717, 1.165) is 10.6 Å². The normalized spacial score (nSPS) is 12.1. The van der Waals surface area contributed by atoms with E-state index in [1.165, 1.54) is 5.56 Å². The predicted molar refractivity (Wildman–Crippen MR) is 106 cm³/mol. The van der Waals surface area contributed by atoms with E-state index in [1.54, 1.807) is 28.0 Å². The van der Waals surface area contributed by atoms with E-state index in [2.05, 4.69) is 22.3 Å². The number of benzene rings is 1. The van der Waals surface area contributed by atoms with Crippen LogP contribution in [0, 0.1) is 0 Å². The molecule has 0 fully saturated rings. The molecule has 1 atom stereocenters. The lowest BCUT2D eigenvalue weighted by atomic mass is 10.2. The summed E-state index contributed by atoms with van der Waals surface area (Å²) in [5.74, 6) is 1.94. The molecule has 136 valence electrons. The van der Waals surface area contributed by atoms with Gasteiger partial charge in [0.25, 0.3) is 0 Å². The molecule has 0 N–H and O–H groups in total. The highest BCUT2D eigenvalue weighted by Crippen LogP contribution is 2.23. The predicted octanol–water partition coefficient (Wildman–Crippen LogP) is 4.47. The van der Waals surface area contributed by atoms with Gasteiger partial charge in [-0.2, -0.15) is 4.98 Å². The standard InChI is InChI=1S/C19H21N3O2S2/c1-3-22(12-17-20-18(21-24-17)16-10-7-11-25-16)19(23)14(2)26-13-15-8-5-4-6-9-15/h4-11,14H,3,12-13H2,1-2H3/t14-/m0/s1. The van der Waals surface area contributed by atoms with E-state index in [4.69, 9.17) is 4.52 Å². The van der Waals surface area contributed by atoms with Crippen LogP contribution in [0.2, 0.25) is 0 Å². The maximum absolute atomic E-state index is 12.8. The number of thioether (sulfide) groups is 1. The first-order valence-electron chi connectivity index (χ1n) is 8.48. The number of amides is 1. The molecule has 7 heteroatoms. The average Bonchev–Trinajstić information content (AvgIpc) is 3.36. The Labute approximate surface area is 161 Å². The molecule has 0 bridgehead atoms. The van der Waals surface area contributed by atoms with Crippen LogP contribution in [-0.4, -0.2) is 32.7 Å². The fourth-order valence-corrected chi connectivity index (χ4v) is 4.03. The van der Waals surface area contributed by atoms with Crippen LogP contribution >= 0.6 is 23.1 Å². The zero-order valence-corrected chi connectivity index (χ0v) is 16.4. The van der Waals surface area contributed by atoms with E-state index in [1.807, 2.05) is 49.6 Å². The van der Waals surface area contributed by atoms with E-state index in [-0.39, 0.29) is 11.2 Å². The van der Waals surface area contributed by atoms with Crippen LogP contribution in [0.25, 0.3) is 10.7 Å². The van der Waals surface area contributed by atoms with Crippen molar-refractivity contribution in [1.29, 1.82) is 0 Å². The molecule has 26 heavy (non-hydrogen) atoms. The topological polar surface area (TPSA) is 59.2 Å². The van der Waals surface area contributed by atoms with Gasteiger partial charge in [0.1, 0.15) is 6.54 Å². The van der Waals surface area contributed by atoms with Crippen molar-refractivity contribution in [2.24, 2.45) is 0 Å². The molecule has 2 heterocycles. The Morgan fingerprint density at radius 1 is 1.27 bits per heavy atom. The number of hydrogen-bond donors (Lipinski definition) is 0. The van der Waals surface area contributed by atoms with Crippen LogP contribution in [-0.2, 0) is 17.1 Å². The minimum Gasteiger partial charge on any atom is -0.337 e. The monoisotopic (exact) mass is 387 g/mol. The summed E-state index contributed by atoms with van der Waals surface area (Å²) in [6.45, 7) is 4.85. The third-order valence-corrected chi connectivity index (χ3v) is 5.99. The number of thiophene rings is 1. The molecule has 1 aromatic carbocycles. The lowest BCUT2D eigenvalue weighted by Crippen LogP contribution is -2.36. The van der Waals surface area contributed by atoms with Crippen molar-refractivity contribution >= 4 is 29.0 Å². The molecule has 3 rings (SSSR count). The van der Waals surface area contributed by atoms with Gasteiger partial charge in [-0.1, -0.05) is 41.6 Å². The second-order valence-electron chi connectivity index (χ2n) is 5.78.